The quantitative estimate of drug-likeness (QED) is 0.698. The number of H-pyrrole nitrogens is 1. The number of hydrogen-bond donors (Lipinski definition) is 2. The fourth-order valence-corrected chi connectivity index (χ4v) is 2.15. The zero-order valence-corrected chi connectivity index (χ0v) is 11.5. The maximum absolute atomic E-state index is 11.8. The van der Waals surface area contributed by atoms with Gasteiger partial charge in [-0.1, -0.05) is 48.5 Å². The van der Waals surface area contributed by atoms with Gasteiger partial charge >= 0.3 is 11.3 Å². The van der Waals surface area contributed by atoms with E-state index in [1.165, 1.54) is 5.56 Å². The summed E-state index contributed by atoms with van der Waals surface area (Å²) in [5, 5.41) is 5.88. The van der Waals surface area contributed by atoms with Crippen LogP contribution in [0.3, 0.4) is 0 Å². The average Bonchev–Trinajstić information content (AvgIpc) is 2.91. The van der Waals surface area contributed by atoms with Crippen molar-refractivity contribution in [1.82, 2.24) is 10.6 Å². The van der Waals surface area contributed by atoms with Gasteiger partial charge in [-0.25, -0.2) is 4.79 Å². The van der Waals surface area contributed by atoms with Gasteiger partial charge in [0.05, 0.1) is 6.54 Å². The van der Waals surface area contributed by atoms with Gasteiger partial charge in [0, 0.05) is 18.7 Å². The molecular formula is C16H16N3O2+. The van der Waals surface area contributed by atoms with E-state index >= 15 is 0 Å². The van der Waals surface area contributed by atoms with E-state index in [1.54, 1.807) is 4.68 Å². The van der Waals surface area contributed by atoms with Crippen LogP contribution in [0.15, 0.2) is 70.0 Å². The summed E-state index contributed by atoms with van der Waals surface area (Å²) in [6.45, 7) is 1.12. The van der Waals surface area contributed by atoms with Gasteiger partial charge in [0.15, 0.2) is 0 Å². The predicted octanol–water partition coefficient (Wildman–Crippen LogP) is 1.53. The number of hydrogen-bond acceptors (Lipinski definition) is 3. The highest BCUT2D eigenvalue weighted by Gasteiger charge is 2.22. The molecule has 106 valence electrons. The van der Waals surface area contributed by atoms with Gasteiger partial charge in [-0.15, -0.1) is 0 Å². The van der Waals surface area contributed by atoms with E-state index in [0.29, 0.717) is 18.8 Å². The first-order valence-electron chi connectivity index (χ1n) is 6.77. The topological polar surface area (TPSA) is 61.9 Å². The molecule has 0 saturated carbocycles. The standard InChI is InChI=1S/C16H15N3O2/c20-16-15(12-17-11-13-7-3-1-4-8-13)19(18-21-16)14-9-5-2-6-10-14/h1-10,17H,11-12H2/p+1. The Bertz CT molecular complexity index is 748. The minimum absolute atomic E-state index is 0.362. The van der Waals surface area contributed by atoms with Crippen molar-refractivity contribution in [2.24, 2.45) is 0 Å². The van der Waals surface area contributed by atoms with Crippen LogP contribution < -0.4 is 15.6 Å². The van der Waals surface area contributed by atoms with E-state index in [1.807, 2.05) is 60.7 Å². The molecule has 0 spiro atoms. The Morgan fingerprint density at radius 2 is 1.62 bits per heavy atom. The summed E-state index contributed by atoms with van der Waals surface area (Å²) in [6.07, 6.45) is 0. The molecular weight excluding hydrogens is 266 g/mol. The third-order valence-electron chi connectivity index (χ3n) is 3.21. The summed E-state index contributed by atoms with van der Waals surface area (Å²) in [5.41, 5.74) is 2.21. The number of benzene rings is 2. The Morgan fingerprint density at radius 3 is 2.33 bits per heavy atom. The molecule has 0 aliphatic rings. The van der Waals surface area contributed by atoms with E-state index in [9.17, 15) is 4.79 Å². The first-order chi connectivity index (χ1) is 10.3. The van der Waals surface area contributed by atoms with E-state index in [4.69, 9.17) is 4.52 Å². The van der Waals surface area contributed by atoms with Gasteiger partial charge in [-0.05, 0) is 15.5 Å². The Hall–Kier alpha value is -2.66. The van der Waals surface area contributed by atoms with Crippen molar-refractivity contribution >= 4 is 0 Å². The van der Waals surface area contributed by atoms with E-state index in [0.717, 1.165) is 5.69 Å². The zero-order chi connectivity index (χ0) is 14.5. The zero-order valence-electron chi connectivity index (χ0n) is 11.5. The maximum atomic E-state index is 11.8. The summed E-state index contributed by atoms with van der Waals surface area (Å²) in [4.78, 5) is 11.8. The van der Waals surface area contributed by atoms with Gasteiger partial charge in [0.1, 0.15) is 0 Å². The molecule has 1 heterocycles. The van der Waals surface area contributed by atoms with E-state index < -0.39 is 0 Å². The lowest BCUT2D eigenvalue weighted by Crippen LogP contribution is -2.40. The van der Waals surface area contributed by atoms with Crippen molar-refractivity contribution in [2.45, 2.75) is 13.1 Å². The first-order valence-corrected chi connectivity index (χ1v) is 6.77. The lowest BCUT2D eigenvalue weighted by Gasteiger charge is -2.01. The monoisotopic (exact) mass is 282 g/mol. The van der Waals surface area contributed by atoms with Crippen molar-refractivity contribution in [2.75, 3.05) is 0 Å². The normalized spacial score (nSPS) is 10.7. The number of nitrogens with zero attached hydrogens (tertiary/aromatic N) is 1. The molecule has 5 nitrogen and oxygen atoms in total. The Morgan fingerprint density at radius 1 is 0.952 bits per heavy atom. The molecule has 0 unspecified atom stereocenters. The number of para-hydroxylation sites is 1. The first kappa shape index (κ1) is 13.3. The molecule has 5 heteroatoms. The highest BCUT2D eigenvalue weighted by molar-refractivity contribution is 5.21. The molecule has 21 heavy (non-hydrogen) atoms. The fraction of sp³-hybridized carbons (Fsp3) is 0.125. The largest absolute Gasteiger partial charge is 0.431 e. The molecule has 3 aromatic rings. The lowest BCUT2D eigenvalue weighted by molar-refractivity contribution is -0.677. The van der Waals surface area contributed by atoms with Crippen LogP contribution in [-0.2, 0) is 13.1 Å². The number of nitrogens with one attached hydrogen (secondary N) is 2. The van der Waals surface area contributed by atoms with Crippen LogP contribution in [0.25, 0.3) is 5.69 Å². The smallest absolute Gasteiger partial charge is 0.303 e. The number of rotatable bonds is 5. The predicted molar refractivity (Wildman–Crippen MR) is 77.8 cm³/mol. The van der Waals surface area contributed by atoms with E-state index in [2.05, 4.69) is 10.6 Å². The van der Waals surface area contributed by atoms with Crippen LogP contribution in [0.5, 0.6) is 0 Å². The van der Waals surface area contributed by atoms with Crippen molar-refractivity contribution in [3.63, 3.8) is 0 Å². The second-order valence-electron chi connectivity index (χ2n) is 4.69. The van der Waals surface area contributed by atoms with Crippen LogP contribution >= 0.6 is 0 Å². The Balaban J connectivity index is 1.74. The van der Waals surface area contributed by atoms with Gasteiger partial charge < -0.3 is 5.32 Å². The molecule has 0 bridgehead atoms. The molecule has 0 aliphatic carbocycles. The van der Waals surface area contributed by atoms with Crippen molar-refractivity contribution in [3.8, 4) is 5.69 Å². The molecule has 1 aromatic heterocycles. The molecule has 2 aromatic carbocycles. The highest BCUT2D eigenvalue weighted by Crippen LogP contribution is 2.00. The molecule has 0 atom stereocenters. The summed E-state index contributed by atoms with van der Waals surface area (Å²) < 4.78 is 6.55. The SMILES string of the molecule is O=c1o[nH][n+](-c2ccccc2)c1CNCc1ccccc1. The highest BCUT2D eigenvalue weighted by atomic mass is 16.5. The van der Waals surface area contributed by atoms with Crippen LogP contribution in [0, 0.1) is 0 Å². The van der Waals surface area contributed by atoms with E-state index in [-0.39, 0.29) is 5.63 Å². The summed E-state index contributed by atoms with van der Waals surface area (Å²) in [6, 6.07) is 19.6. The van der Waals surface area contributed by atoms with Crippen molar-refractivity contribution < 1.29 is 9.20 Å². The third kappa shape index (κ3) is 3.09. The van der Waals surface area contributed by atoms with Crippen molar-refractivity contribution in [1.29, 1.82) is 0 Å². The van der Waals surface area contributed by atoms with Gasteiger partial charge in [0.25, 0.3) is 0 Å². The summed E-state index contributed by atoms with van der Waals surface area (Å²) in [7, 11) is 0. The molecule has 0 aliphatic heterocycles. The lowest BCUT2D eigenvalue weighted by atomic mass is 10.2. The summed E-state index contributed by atoms with van der Waals surface area (Å²) >= 11 is 0. The van der Waals surface area contributed by atoms with Gasteiger partial charge in [-0.2, -0.15) is 0 Å². The van der Waals surface area contributed by atoms with Crippen LogP contribution in [0.2, 0.25) is 0 Å². The number of aromatic amines is 1. The Labute approximate surface area is 121 Å². The summed E-state index contributed by atoms with van der Waals surface area (Å²) in [5.74, 6) is 0. The third-order valence-corrected chi connectivity index (χ3v) is 3.21. The molecule has 0 amide bonds. The molecule has 2 N–H and O–H groups in total. The molecule has 0 fully saturated rings. The molecule has 3 rings (SSSR count). The fourth-order valence-electron chi connectivity index (χ4n) is 2.15. The second kappa shape index (κ2) is 6.19. The maximum Gasteiger partial charge on any atom is 0.431 e. The number of aromatic nitrogens is 2. The van der Waals surface area contributed by atoms with Gasteiger partial charge in [-0.3, -0.25) is 4.52 Å². The minimum Gasteiger partial charge on any atom is -0.303 e. The van der Waals surface area contributed by atoms with Crippen LogP contribution in [0.1, 0.15) is 11.3 Å². The van der Waals surface area contributed by atoms with Crippen molar-refractivity contribution in [3.05, 3.63) is 82.3 Å². The van der Waals surface area contributed by atoms with Gasteiger partial charge in [0.2, 0.25) is 5.69 Å². The Kier molecular flexibility index (Phi) is 3.93. The molecule has 0 radical (unpaired) electrons. The van der Waals surface area contributed by atoms with Crippen LogP contribution in [0.4, 0.5) is 0 Å². The average molecular weight is 282 g/mol. The second-order valence-corrected chi connectivity index (χ2v) is 4.69. The minimum atomic E-state index is -0.362. The molecule has 0 saturated heterocycles. The van der Waals surface area contributed by atoms with Crippen LogP contribution in [-0.4, -0.2) is 5.27 Å².